The predicted octanol–water partition coefficient (Wildman–Crippen LogP) is 2.26. The van der Waals surface area contributed by atoms with Crippen molar-refractivity contribution in [2.45, 2.75) is 62.1 Å². The number of nitrogens with zero attached hydrogens (tertiary/aromatic N) is 2. The third kappa shape index (κ3) is 3.11. The Balaban J connectivity index is 1.26. The van der Waals surface area contributed by atoms with Gasteiger partial charge in [-0.15, -0.1) is 0 Å². The number of hydrogen-bond donors (Lipinski definition) is 3. The van der Waals surface area contributed by atoms with E-state index in [1.165, 1.54) is 12.8 Å². The van der Waals surface area contributed by atoms with Crippen molar-refractivity contribution in [1.29, 1.82) is 0 Å². The van der Waals surface area contributed by atoms with Crippen LogP contribution in [0.1, 0.15) is 44.9 Å². The van der Waals surface area contributed by atoms with Crippen LogP contribution in [-0.2, 0) is 4.79 Å². The molecule has 0 aromatic heterocycles. The van der Waals surface area contributed by atoms with Crippen molar-refractivity contribution in [3.8, 4) is 0 Å². The second-order valence-electron chi connectivity index (χ2n) is 9.24. The Morgan fingerprint density at radius 1 is 1.00 bits per heavy atom. The molecular weight excluding hydrogens is 352 g/mol. The molecule has 4 aliphatic rings. The van der Waals surface area contributed by atoms with E-state index >= 15 is 0 Å². The number of hydrogen-bond acceptors (Lipinski definition) is 5. The lowest BCUT2D eigenvalue weighted by Gasteiger charge is -2.52. The number of amides is 1. The molecule has 5 rings (SSSR count). The van der Waals surface area contributed by atoms with Crippen LogP contribution in [0.15, 0.2) is 24.3 Å². The smallest absolute Gasteiger partial charge is 0.250 e. The fourth-order valence-electron chi connectivity index (χ4n) is 5.90. The molecule has 4 heterocycles. The van der Waals surface area contributed by atoms with Gasteiger partial charge in [-0.25, -0.2) is 0 Å². The topological polar surface area (TPSA) is 67.8 Å². The zero-order valence-electron chi connectivity index (χ0n) is 16.6. The molecule has 0 saturated carbocycles. The van der Waals surface area contributed by atoms with Crippen LogP contribution in [0.5, 0.6) is 0 Å². The third-order valence-electron chi connectivity index (χ3n) is 7.48. The van der Waals surface area contributed by atoms with Crippen LogP contribution in [0.3, 0.4) is 0 Å². The molecule has 1 aromatic carbocycles. The van der Waals surface area contributed by atoms with Crippen molar-refractivity contribution in [3.63, 3.8) is 0 Å². The number of para-hydroxylation sites is 2. The summed E-state index contributed by atoms with van der Waals surface area (Å²) >= 11 is 0. The summed E-state index contributed by atoms with van der Waals surface area (Å²) in [6.07, 6.45) is 7.16. The Bertz CT molecular complexity index is 744. The van der Waals surface area contributed by atoms with Crippen molar-refractivity contribution in [1.82, 2.24) is 9.80 Å². The van der Waals surface area contributed by atoms with Gasteiger partial charge in [0.15, 0.2) is 0 Å². The third-order valence-corrected chi connectivity index (χ3v) is 7.48. The molecule has 3 N–H and O–H groups in total. The molecule has 28 heavy (non-hydrogen) atoms. The molecule has 3 saturated heterocycles. The van der Waals surface area contributed by atoms with E-state index in [9.17, 15) is 9.90 Å². The number of carbonyl (C=O) groups excluding carboxylic acids is 1. The first-order chi connectivity index (χ1) is 13.6. The van der Waals surface area contributed by atoms with Crippen molar-refractivity contribution >= 4 is 17.3 Å². The van der Waals surface area contributed by atoms with Gasteiger partial charge in [-0.1, -0.05) is 18.6 Å². The van der Waals surface area contributed by atoms with E-state index in [0.29, 0.717) is 6.04 Å². The highest BCUT2D eigenvalue weighted by atomic mass is 16.3. The molecule has 1 amide bonds. The molecule has 1 spiro atoms. The Morgan fingerprint density at radius 3 is 2.57 bits per heavy atom. The van der Waals surface area contributed by atoms with Gasteiger partial charge in [0.25, 0.3) is 0 Å². The normalized spacial score (nSPS) is 32.9. The number of nitrogens with one attached hydrogen (secondary N) is 2. The van der Waals surface area contributed by atoms with E-state index in [2.05, 4.69) is 20.4 Å². The number of likely N-dealkylation sites (tertiary alicyclic amines) is 1. The first-order valence-electron chi connectivity index (χ1n) is 11.0. The average Bonchev–Trinajstić information content (AvgIpc) is 2.71. The highest BCUT2D eigenvalue weighted by Gasteiger charge is 2.48. The average molecular weight is 385 g/mol. The molecule has 6 nitrogen and oxygen atoms in total. The molecule has 152 valence electrons. The van der Waals surface area contributed by atoms with Crippen LogP contribution in [0.25, 0.3) is 0 Å². The Morgan fingerprint density at radius 2 is 1.75 bits per heavy atom. The van der Waals surface area contributed by atoms with Crippen molar-refractivity contribution in [2.75, 3.05) is 43.4 Å². The van der Waals surface area contributed by atoms with Crippen molar-refractivity contribution in [3.05, 3.63) is 24.3 Å². The predicted molar refractivity (Wildman–Crippen MR) is 110 cm³/mol. The molecule has 2 atom stereocenters. The molecule has 0 radical (unpaired) electrons. The van der Waals surface area contributed by atoms with Crippen LogP contribution < -0.4 is 10.6 Å². The lowest BCUT2D eigenvalue weighted by Crippen LogP contribution is -2.64. The minimum atomic E-state index is -0.599. The number of aliphatic hydroxyl groups is 1. The maximum Gasteiger partial charge on any atom is 0.250 e. The van der Waals surface area contributed by atoms with Crippen molar-refractivity contribution in [2.24, 2.45) is 0 Å². The SMILES string of the molecule is O=C1Nc2ccccc2NC12CCN(C[C@]1(O)CCCN3CCCC[C@@H]31)CC2. The fourth-order valence-corrected chi connectivity index (χ4v) is 5.90. The van der Waals surface area contributed by atoms with Gasteiger partial charge in [-0.05, 0) is 63.7 Å². The van der Waals surface area contributed by atoms with Gasteiger partial charge in [0.2, 0.25) is 5.91 Å². The van der Waals surface area contributed by atoms with Crippen LogP contribution in [0, 0.1) is 0 Å². The van der Waals surface area contributed by atoms with Crippen molar-refractivity contribution < 1.29 is 9.90 Å². The van der Waals surface area contributed by atoms with Gasteiger partial charge in [-0.3, -0.25) is 9.69 Å². The highest BCUT2D eigenvalue weighted by Crippen LogP contribution is 2.38. The minimum absolute atomic E-state index is 0.0840. The quantitative estimate of drug-likeness (QED) is 0.730. The molecule has 0 bridgehead atoms. The van der Waals surface area contributed by atoms with Crippen LogP contribution in [-0.4, -0.2) is 70.7 Å². The maximum atomic E-state index is 12.8. The molecular formula is C22H32N4O2. The van der Waals surface area contributed by atoms with E-state index in [1.54, 1.807) is 0 Å². The first-order valence-corrected chi connectivity index (χ1v) is 11.0. The Kier molecular flexibility index (Phi) is 4.61. The fraction of sp³-hybridized carbons (Fsp3) is 0.682. The van der Waals surface area contributed by atoms with Crippen LogP contribution >= 0.6 is 0 Å². The lowest BCUT2D eigenvalue weighted by atomic mass is 9.78. The summed E-state index contributed by atoms with van der Waals surface area (Å²) in [5, 5.41) is 18.1. The van der Waals surface area contributed by atoms with E-state index in [-0.39, 0.29) is 5.91 Å². The molecule has 4 aliphatic heterocycles. The van der Waals surface area contributed by atoms with Crippen LogP contribution in [0.4, 0.5) is 11.4 Å². The zero-order chi connectivity index (χ0) is 19.2. The van der Waals surface area contributed by atoms with Gasteiger partial charge in [0, 0.05) is 25.7 Å². The van der Waals surface area contributed by atoms with Gasteiger partial charge in [0.05, 0.1) is 17.0 Å². The molecule has 3 fully saturated rings. The monoisotopic (exact) mass is 384 g/mol. The lowest BCUT2D eigenvalue weighted by molar-refractivity contribution is -0.124. The van der Waals surface area contributed by atoms with Gasteiger partial charge >= 0.3 is 0 Å². The van der Waals surface area contributed by atoms with E-state index in [4.69, 9.17) is 0 Å². The van der Waals surface area contributed by atoms with E-state index in [0.717, 1.165) is 76.2 Å². The number of fused-ring (bicyclic) bond motifs is 2. The molecule has 0 unspecified atom stereocenters. The first kappa shape index (κ1) is 18.4. The van der Waals surface area contributed by atoms with E-state index < -0.39 is 11.1 Å². The van der Waals surface area contributed by atoms with E-state index in [1.807, 2.05) is 24.3 Å². The van der Waals surface area contributed by atoms with Gasteiger partial charge in [0.1, 0.15) is 5.54 Å². The summed E-state index contributed by atoms with van der Waals surface area (Å²) < 4.78 is 0. The number of benzene rings is 1. The second kappa shape index (κ2) is 7.01. The number of carbonyl (C=O) groups is 1. The zero-order valence-corrected chi connectivity index (χ0v) is 16.6. The summed E-state index contributed by atoms with van der Waals surface area (Å²) in [4.78, 5) is 17.7. The summed E-state index contributed by atoms with van der Waals surface area (Å²) in [5.74, 6) is 0.0840. The van der Waals surface area contributed by atoms with Gasteiger partial charge in [-0.2, -0.15) is 0 Å². The summed E-state index contributed by atoms with van der Waals surface area (Å²) in [7, 11) is 0. The number of piperidine rings is 3. The molecule has 1 aromatic rings. The second-order valence-corrected chi connectivity index (χ2v) is 9.24. The number of β-amino-alcohol motifs (C(OH)–C–C–N with tert-alkyl or cyclic N) is 1. The minimum Gasteiger partial charge on any atom is -0.387 e. The summed E-state index contributed by atoms with van der Waals surface area (Å²) in [6, 6.07) is 8.23. The largest absolute Gasteiger partial charge is 0.387 e. The summed E-state index contributed by atoms with van der Waals surface area (Å²) in [5.41, 5.74) is 0.767. The van der Waals surface area contributed by atoms with Gasteiger partial charge < -0.3 is 20.6 Å². The maximum absolute atomic E-state index is 12.8. The Hall–Kier alpha value is -1.63. The Labute approximate surface area is 167 Å². The molecule has 6 heteroatoms. The number of anilines is 2. The standard InChI is InChI=1S/C22H32N4O2/c27-20-21(24-18-7-2-1-6-17(18)23-20)10-14-25(15-11-21)16-22(28)9-5-13-26-12-4-3-8-19(22)26/h1-2,6-7,19,24,28H,3-5,8-16H2,(H,23,27)/t19-,22-/m1/s1. The summed E-state index contributed by atoms with van der Waals surface area (Å²) in [6.45, 7) is 4.71. The van der Waals surface area contributed by atoms with Crippen LogP contribution in [0.2, 0.25) is 0 Å². The number of rotatable bonds is 2. The molecule has 0 aliphatic carbocycles. The highest BCUT2D eigenvalue weighted by molar-refractivity contribution is 6.06.